The number of fused-ring (bicyclic) bond motifs is 1. The summed E-state index contributed by atoms with van der Waals surface area (Å²) in [7, 11) is 0. The van der Waals surface area contributed by atoms with Gasteiger partial charge in [-0.2, -0.15) is 5.10 Å². The number of rotatable bonds is 5. The molecule has 4 aromatic rings. The second-order valence-corrected chi connectivity index (χ2v) is 9.79. The number of hydrogen-bond donors (Lipinski definition) is 2. The minimum absolute atomic E-state index is 0.000537. The lowest BCUT2D eigenvalue weighted by atomic mass is 9.85. The Kier molecular flexibility index (Phi) is 5.97. The van der Waals surface area contributed by atoms with Gasteiger partial charge >= 0.3 is 5.76 Å². The van der Waals surface area contributed by atoms with Crippen molar-refractivity contribution in [1.82, 2.24) is 25.1 Å². The van der Waals surface area contributed by atoms with Crippen molar-refractivity contribution in [2.75, 3.05) is 11.4 Å². The predicted octanol–water partition coefficient (Wildman–Crippen LogP) is 4.09. The van der Waals surface area contributed by atoms with Crippen molar-refractivity contribution in [3.8, 4) is 0 Å². The van der Waals surface area contributed by atoms with Gasteiger partial charge in [0.1, 0.15) is 11.6 Å². The van der Waals surface area contributed by atoms with Gasteiger partial charge in [-0.15, -0.1) is 0 Å². The molecule has 0 bridgehead atoms. The van der Waals surface area contributed by atoms with E-state index in [0.717, 1.165) is 43.9 Å². The Morgan fingerprint density at radius 3 is 2.73 bits per heavy atom. The van der Waals surface area contributed by atoms with E-state index in [4.69, 9.17) is 0 Å². The van der Waals surface area contributed by atoms with Gasteiger partial charge in [-0.05, 0) is 68.9 Å². The van der Waals surface area contributed by atoms with E-state index in [9.17, 15) is 18.4 Å². The van der Waals surface area contributed by atoms with Crippen LogP contribution in [0.5, 0.6) is 0 Å². The first-order valence-corrected chi connectivity index (χ1v) is 12.5. The van der Waals surface area contributed by atoms with Crippen LogP contribution in [0.4, 0.5) is 14.5 Å². The standard InChI is InChI=1S/C26H26F2N6O3/c27-16-5-8-21(28)19(12-16)22-2-1-10-33(22)18-9-11-34-23(13-18)20(14-29-34)25(35)30-17-6-3-15(4-7-17)24-31-26(36)37-32-24/h5,8-9,11-15,17,22H,1-4,6-7,10H2,(H,30,35)(H,31,32,36)/t15?,17?,22-/m1/s1. The number of nitrogens with one attached hydrogen (secondary N) is 2. The summed E-state index contributed by atoms with van der Waals surface area (Å²) in [6, 6.07) is 7.05. The number of H-pyrrole nitrogens is 1. The molecule has 9 nitrogen and oxygen atoms in total. The quantitative estimate of drug-likeness (QED) is 0.421. The van der Waals surface area contributed by atoms with Crippen LogP contribution >= 0.6 is 0 Å². The summed E-state index contributed by atoms with van der Waals surface area (Å²) in [5, 5.41) is 11.2. The third-order valence-electron chi connectivity index (χ3n) is 7.56. The van der Waals surface area contributed by atoms with Gasteiger partial charge in [-0.25, -0.2) is 18.1 Å². The Balaban J connectivity index is 1.19. The van der Waals surface area contributed by atoms with Crippen LogP contribution in [-0.4, -0.2) is 38.2 Å². The summed E-state index contributed by atoms with van der Waals surface area (Å²) in [4.78, 5) is 29.1. The van der Waals surface area contributed by atoms with Crippen LogP contribution in [0.1, 0.15) is 72.2 Å². The summed E-state index contributed by atoms with van der Waals surface area (Å²) in [6.45, 7) is 0.701. The van der Waals surface area contributed by atoms with E-state index in [1.165, 1.54) is 12.1 Å². The molecule has 6 rings (SSSR count). The second-order valence-electron chi connectivity index (χ2n) is 9.79. The van der Waals surface area contributed by atoms with Crippen LogP contribution in [0.25, 0.3) is 5.52 Å². The first-order chi connectivity index (χ1) is 18.0. The highest BCUT2D eigenvalue weighted by Crippen LogP contribution is 2.38. The molecule has 1 aromatic carbocycles. The highest BCUT2D eigenvalue weighted by molar-refractivity contribution is 6.01. The number of benzene rings is 1. The van der Waals surface area contributed by atoms with E-state index in [-0.39, 0.29) is 23.9 Å². The second kappa shape index (κ2) is 9.45. The summed E-state index contributed by atoms with van der Waals surface area (Å²) in [5.41, 5.74) is 2.27. The zero-order chi connectivity index (χ0) is 25.5. The smallest absolute Gasteiger partial charge is 0.364 e. The molecule has 2 aliphatic rings. The van der Waals surface area contributed by atoms with E-state index in [0.29, 0.717) is 35.4 Å². The summed E-state index contributed by atoms with van der Waals surface area (Å²) < 4.78 is 34.7. The van der Waals surface area contributed by atoms with Gasteiger partial charge in [0.15, 0.2) is 5.82 Å². The van der Waals surface area contributed by atoms with Crippen molar-refractivity contribution in [2.45, 2.75) is 56.5 Å². The van der Waals surface area contributed by atoms with Crippen molar-refractivity contribution >= 4 is 17.1 Å². The number of anilines is 1. The molecule has 3 aromatic heterocycles. The fraction of sp³-hybridized carbons (Fsp3) is 0.385. The van der Waals surface area contributed by atoms with E-state index in [1.807, 2.05) is 12.1 Å². The first-order valence-electron chi connectivity index (χ1n) is 12.5. The highest BCUT2D eigenvalue weighted by Gasteiger charge is 2.30. The van der Waals surface area contributed by atoms with E-state index < -0.39 is 17.4 Å². The lowest BCUT2D eigenvalue weighted by Gasteiger charge is -2.28. The zero-order valence-electron chi connectivity index (χ0n) is 20.0. The lowest BCUT2D eigenvalue weighted by molar-refractivity contribution is 0.0927. The van der Waals surface area contributed by atoms with Crippen molar-refractivity contribution in [1.29, 1.82) is 0 Å². The minimum atomic E-state index is -0.556. The number of amides is 1. The Morgan fingerprint density at radius 2 is 1.95 bits per heavy atom. The van der Waals surface area contributed by atoms with E-state index in [1.54, 1.807) is 16.9 Å². The molecule has 1 saturated carbocycles. The molecule has 0 spiro atoms. The molecule has 1 atom stereocenters. The van der Waals surface area contributed by atoms with Crippen LogP contribution < -0.4 is 16.0 Å². The molecular weight excluding hydrogens is 482 g/mol. The predicted molar refractivity (Wildman–Crippen MR) is 130 cm³/mol. The van der Waals surface area contributed by atoms with Gasteiger partial charge in [0.2, 0.25) is 0 Å². The first kappa shape index (κ1) is 23.4. The van der Waals surface area contributed by atoms with Gasteiger partial charge in [0.25, 0.3) is 5.91 Å². The fourth-order valence-corrected chi connectivity index (χ4v) is 5.68. The number of halogens is 2. The maximum Gasteiger partial charge on any atom is 0.438 e. The molecular formula is C26H26F2N6O3. The fourth-order valence-electron chi connectivity index (χ4n) is 5.68. The topological polar surface area (TPSA) is 109 Å². The minimum Gasteiger partial charge on any atom is -0.364 e. The number of nitrogens with zero attached hydrogens (tertiary/aromatic N) is 4. The normalized spacial score (nSPS) is 22.0. The number of pyridine rings is 1. The number of aromatic amines is 1. The molecule has 0 radical (unpaired) electrons. The maximum atomic E-state index is 14.5. The Hall–Kier alpha value is -4.02. The number of carbonyl (C=O) groups excluding carboxylic acids is 1. The molecule has 2 fully saturated rings. The van der Waals surface area contributed by atoms with E-state index >= 15 is 0 Å². The highest BCUT2D eigenvalue weighted by atomic mass is 19.1. The lowest BCUT2D eigenvalue weighted by Crippen LogP contribution is -2.37. The SMILES string of the molecule is O=C(NC1CCC(c2noc(=O)[nH]2)CC1)c1cnn2ccc(N3CCC[C@@H]3c3cc(F)ccc3F)cc12. The van der Waals surface area contributed by atoms with Gasteiger partial charge in [0, 0.05) is 36.0 Å². The average Bonchev–Trinajstić information content (AvgIpc) is 3.65. The Bertz CT molecular complexity index is 1500. The Morgan fingerprint density at radius 1 is 1.11 bits per heavy atom. The van der Waals surface area contributed by atoms with Crippen molar-refractivity contribution in [3.05, 3.63) is 81.9 Å². The molecule has 192 valence electrons. The molecule has 11 heteroatoms. The van der Waals surface area contributed by atoms with Gasteiger partial charge in [0.05, 0.1) is 23.3 Å². The summed E-state index contributed by atoms with van der Waals surface area (Å²) in [5.74, 6) is -0.984. The number of aromatic nitrogens is 4. The van der Waals surface area contributed by atoms with Crippen LogP contribution in [0.3, 0.4) is 0 Å². The number of hydrogen-bond acceptors (Lipinski definition) is 6. The van der Waals surface area contributed by atoms with Gasteiger partial charge in [-0.3, -0.25) is 14.3 Å². The van der Waals surface area contributed by atoms with Crippen LogP contribution in [0.2, 0.25) is 0 Å². The number of carbonyl (C=O) groups is 1. The van der Waals surface area contributed by atoms with Crippen molar-refractivity contribution in [2.24, 2.45) is 0 Å². The van der Waals surface area contributed by atoms with Crippen LogP contribution in [0.15, 0.2) is 52.0 Å². The molecule has 1 amide bonds. The maximum absolute atomic E-state index is 14.5. The van der Waals surface area contributed by atoms with Crippen LogP contribution in [-0.2, 0) is 0 Å². The van der Waals surface area contributed by atoms with E-state index in [2.05, 4.69) is 30.0 Å². The summed E-state index contributed by atoms with van der Waals surface area (Å²) in [6.07, 6.45) is 7.95. The molecule has 37 heavy (non-hydrogen) atoms. The van der Waals surface area contributed by atoms with Crippen LogP contribution in [0, 0.1) is 11.6 Å². The third-order valence-corrected chi connectivity index (χ3v) is 7.56. The van der Waals surface area contributed by atoms with Gasteiger partial charge in [-0.1, -0.05) is 5.16 Å². The largest absolute Gasteiger partial charge is 0.438 e. The molecule has 1 saturated heterocycles. The molecule has 2 N–H and O–H groups in total. The Labute approximate surface area is 210 Å². The van der Waals surface area contributed by atoms with Crippen molar-refractivity contribution in [3.63, 3.8) is 0 Å². The van der Waals surface area contributed by atoms with Crippen molar-refractivity contribution < 1.29 is 18.1 Å². The molecule has 1 aliphatic heterocycles. The zero-order valence-corrected chi connectivity index (χ0v) is 20.0. The molecule has 4 heterocycles. The third kappa shape index (κ3) is 4.49. The monoisotopic (exact) mass is 508 g/mol. The van der Waals surface area contributed by atoms with Gasteiger partial charge < -0.3 is 10.2 Å². The average molecular weight is 509 g/mol. The molecule has 1 aliphatic carbocycles. The summed E-state index contributed by atoms with van der Waals surface area (Å²) >= 11 is 0. The molecule has 0 unspecified atom stereocenters.